The number of aromatic nitrogens is 2. The van der Waals surface area contributed by atoms with E-state index in [1.165, 1.54) is 5.01 Å². The molecule has 0 unspecified atom stereocenters. The molecule has 2 rings (SSSR count). The van der Waals surface area contributed by atoms with Gasteiger partial charge in [-0.1, -0.05) is 0 Å². The molecule has 1 aromatic heterocycles. The van der Waals surface area contributed by atoms with Gasteiger partial charge in [-0.15, -0.1) is 0 Å². The topological polar surface area (TPSA) is 84.5 Å². The second-order valence-corrected chi connectivity index (χ2v) is 3.14. The maximum atomic E-state index is 11.6. The molecule has 15 heavy (non-hydrogen) atoms. The Balaban J connectivity index is 2.20. The van der Waals surface area contributed by atoms with Crippen molar-refractivity contribution in [3.8, 4) is 0 Å². The summed E-state index contributed by atoms with van der Waals surface area (Å²) in [7, 11) is 0. The smallest absolute Gasteiger partial charge is 0.255 e. The Morgan fingerprint density at radius 1 is 1.40 bits per heavy atom. The summed E-state index contributed by atoms with van der Waals surface area (Å²) in [4.78, 5) is 19.5. The highest BCUT2D eigenvalue weighted by atomic mass is 16.2. The summed E-state index contributed by atoms with van der Waals surface area (Å²) in [5.41, 5.74) is 6.18. The van der Waals surface area contributed by atoms with Crippen LogP contribution in [-0.4, -0.2) is 28.1 Å². The van der Waals surface area contributed by atoms with Crippen LogP contribution in [0.3, 0.4) is 0 Å². The first-order valence-corrected chi connectivity index (χ1v) is 4.67. The van der Waals surface area contributed by atoms with E-state index in [0.717, 1.165) is 5.71 Å². The van der Waals surface area contributed by atoms with Gasteiger partial charge in [0, 0.05) is 24.5 Å². The highest BCUT2D eigenvalue weighted by molar-refractivity contribution is 6.12. The molecule has 2 heterocycles. The van der Waals surface area contributed by atoms with Gasteiger partial charge >= 0.3 is 0 Å². The highest BCUT2D eigenvalue weighted by Crippen LogP contribution is 2.15. The number of amides is 1. The van der Waals surface area contributed by atoms with Crippen molar-refractivity contribution in [2.45, 2.75) is 12.8 Å². The number of nitrogens with zero attached hydrogens (tertiary/aromatic N) is 4. The van der Waals surface area contributed by atoms with Gasteiger partial charge in [0.05, 0.1) is 6.42 Å². The van der Waals surface area contributed by atoms with Crippen LogP contribution in [0.2, 0.25) is 0 Å². The van der Waals surface area contributed by atoms with Crippen LogP contribution in [0, 0.1) is 0 Å². The molecular formula is C9H11N5O. The minimum absolute atomic E-state index is 0.107. The molecule has 0 saturated carbocycles. The Labute approximate surface area is 86.8 Å². The first kappa shape index (κ1) is 9.72. The van der Waals surface area contributed by atoms with Gasteiger partial charge in [0.25, 0.3) is 11.9 Å². The lowest BCUT2D eigenvalue weighted by molar-refractivity contribution is -0.117. The number of anilines is 1. The second kappa shape index (κ2) is 4.14. The van der Waals surface area contributed by atoms with Crippen LogP contribution >= 0.6 is 0 Å². The van der Waals surface area contributed by atoms with Crippen LogP contribution in [0.5, 0.6) is 0 Å². The fourth-order valence-electron chi connectivity index (χ4n) is 1.34. The molecule has 6 nitrogen and oxygen atoms in total. The maximum absolute atomic E-state index is 11.6. The Hall–Kier alpha value is -1.82. The largest absolute Gasteiger partial charge is 0.330 e. The molecule has 0 saturated heterocycles. The summed E-state index contributed by atoms with van der Waals surface area (Å²) in [6.45, 7) is 0.496. The molecule has 0 spiro atoms. The van der Waals surface area contributed by atoms with E-state index in [-0.39, 0.29) is 5.91 Å². The fourth-order valence-corrected chi connectivity index (χ4v) is 1.34. The van der Waals surface area contributed by atoms with Crippen molar-refractivity contribution in [3.05, 3.63) is 18.5 Å². The van der Waals surface area contributed by atoms with Gasteiger partial charge in [-0.2, -0.15) is 10.1 Å². The number of nitrogens with two attached hydrogens (primary N) is 1. The molecule has 78 valence electrons. The number of carbonyl (C=O) groups is 1. The zero-order valence-corrected chi connectivity index (χ0v) is 8.13. The minimum Gasteiger partial charge on any atom is -0.330 e. The van der Waals surface area contributed by atoms with Gasteiger partial charge in [0.15, 0.2) is 0 Å². The lowest BCUT2D eigenvalue weighted by Gasteiger charge is -2.07. The summed E-state index contributed by atoms with van der Waals surface area (Å²) in [5, 5.41) is 5.35. The normalized spacial score (nSPS) is 15.7. The maximum Gasteiger partial charge on any atom is 0.255 e. The van der Waals surface area contributed by atoms with Crippen molar-refractivity contribution in [2.75, 3.05) is 11.6 Å². The second-order valence-electron chi connectivity index (χ2n) is 3.14. The van der Waals surface area contributed by atoms with Crippen molar-refractivity contribution in [2.24, 2.45) is 10.8 Å². The van der Waals surface area contributed by atoms with E-state index in [2.05, 4.69) is 15.1 Å². The van der Waals surface area contributed by atoms with E-state index in [0.29, 0.717) is 25.3 Å². The van der Waals surface area contributed by atoms with Gasteiger partial charge < -0.3 is 5.73 Å². The highest BCUT2D eigenvalue weighted by Gasteiger charge is 2.26. The molecule has 0 aliphatic carbocycles. The predicted molar refractivity (Wildman–Crippen MR) is 55.2 cm³/mol. The Morgan fingerprint density at radius 2 is 2.13 bits per heavy atom. The van der Waals surface area contributed by atoms with E-state index in [4.69, 9.17) is 5.73 Å². The van der Waals surface area contributed by atoms with Crippen LogP contribution < -0.4 is 10.7 Å². The molecule has 0 radical (unpaired) electrons. The quantitative estimate of drug-likeness (QED) is 0.747. The molecule has 2 N–H and O–H groups in total. The average molecular weight is 205 g/mol. The molecule has 1 aromatic rings. The van der Waals surface area contributed by atoms with Crippen molar-refractivity contribution in [3.63, 3.8) is 0 Å². The lowest BCUT2D eigenvalue weighted by Crippen LogP contribution is -2.21. The van der Waals surface area contributed by atoms with Crippen LogP contribution in [0.1, 0.15) is 12.8 Å². The summed E-state index contributed by atoms with van der Waals surface area (Å²) in [5.74, 6) is 0.208. The van der Waals surface area contributed by atoms with Crippen molar-refractivity contribution in [1.82, 2.24) is 9.97 Å². The first-order valence-electron chi connectivity index (χ1n) is 4.67. The average Bonchev–Trinajstić information content (AvgIpc) is 2.61. The van der Waals surface area contributed by atoms with Crippen molar-refractivity contribution < 1.29 is 4.79 Å². The number of rotatable bonds is 3. The van der Waals surface area contributed by atoms with E-state index in [9.17, 15) is 4.79 Å². The summed E-state index contributed by atoms with van der Waals surface area (Å²) in [6.07, 6.45) is 4.10. The minimum atomic E-state index is -0.107. The number of hydrogen-bond acceptors (Lipinski definition) is 5. The lowest BCUT2D eigenvalue weighted by atomic mass is 10.2. The predicted octanol–water partition coefficient (Wildman–Crippen LogP) is -0.0819. The SMILES string of the molecule is NCCC1=NN(c2ncccn2)C(=O)C1. The van der Waals surface area contributed by atoms with E-state index < -0.39 is 0 Å². The van der Waals surface area contributed by atoms with Gasteiger partial charge in [-0.25, -0.2) is 9.97 Å². The van der Waals surface area contributed by atoms with Crippen LogP contribution in [0.25, 0.3) is 0 Å². The third-order valence-corrected chi connectivity index (χ3v) is 2.01. The standard InChI is InChI=1S/C9H11N5O/c10-3-2-7-6-8(15)14(13-7)9-11-4-1-5-12-9/h1,4-5H,2-3,6,10H2. The van der Waals surface area contributed by atoms with E-state index in [1.54, 1.807) is 18.5 Å². The number of carbonyl (C=O) groups excluding carboxylic acids is 1. The van der Waals surface area contributed by atoms with Crippen molar-refractivity contribution >= 4 is 17.6 Å². The van der Waals surface area contributed by atoms with Gasteiger partial charge in [0.2, 0.25) is 0 Å². The zero-order chi connectivity index (χ0) is 10.7. The molecule has 1 amide bonds. The summed E-state index contributed by atoms with van der Waals surface area (Å²) >= 11 is 0. The van der Waals surface area contributed by atoms with Gasteiger partial charge in [-0.3, -0.25) is 4.79 Å². The molecule has 0 atom stereocenters. The van der Waals surface area contributed by atoms with Crippen LogP contribution in [0.15, 0.2) is 23.6 Å². The molecule has 0 fully saturated rings. The summed E-state index contributed by atoms with van der Waals surface area (Å²) in [6, 6.07) is 1.69. The number of hydrogen-bond donors (Lipinski definition) is 1. The Kier molecular flexibility index (Phi) is 2.68. The molecule has 6 heteroatoms. The van der Waals surface area contributed by atoms with E-state index >= 15 is 0 Å². The molecule has 0 aromatic carbocycles. The van der Waals surface area contributed by atoms with Gasteiger partial charge in [0.1, 0.15) is 0 Å². The Bertz CT molecular complexity index is 389. The Morgan fingerprint density at radius 3 is 2.80 bits per heavy atom. The first-order chi connectivity index (χ1) is 7.31. The molecular weight excluding hydrogens is 194 g/mol. The van der Waals surface area contributed by atoms with Crippen LogP contribution in [-0.2, 0) is 4.79 Å². The third-order valence-electron chi connectivity index (χ3n) is 2.01. The third kappa shape index (κ3) is 1.99. The monoisotopic (exact) mass is 205 g/mol. The fraction of sp³-hybridized carbons (Fsp3) is 0.333. The molecule has 0 bridgehead atoms. The van der Waals surface area contributed by atoms with Crippen molar-refractivity contribution in [1.29, 1.82) is 0 Å². The van der Waals surface area contributed by atoms with Crippen LogP contribution in [0.4, 0.5) is 5.95 Å². The number of hydrazone groups is 1. The van der Waals surface area contributed by atoms with E-state index in [1.807, 2.05) is 0 Å². The molecule has 1 aliphatic rings. The molecule has 1 aliphatic heterocycles. The zero-order valence-electron chi connectivity index (χ0n) is 8.13. The summed E-state index contributed by atoms with van der Waals surface area (Å²) < 4.78 is 0. The van der Waals surface area contributed by atoms with Gasteiger partial charge in [-0.05, 0) is 12.6 Å².